The molecule has 0 spiro atoms. The summed E-state index contributed by atoms with van der Waals surface area (Å²) < 4.78 is 33.7. The molecule has 1 aromatic carbocycles. The molecule has 0 fully saturated rings. The Bertz CT molecular complexity index is 691. The van der Waals surface area contributed by atoms with E-state index in [0.717, 1.165) is 30.6 Å². The third-order valence-electron chi connectivity index (χ3n) is 4.32. The van der Waals surface area contributed by atoms with Crippen molar-refractivity contribution in [2.24, 2.45) is 0 Å². The molecule has 0 heterocycles. The zero-order valence-electron chi connectivity index (χ0n) is 20.7. The third kappa shape index (κ3) is 25.4. The maximum Gasteiger partial charge on any atom is 1.00 e. The SMILES string of the molecule is CCCCCCCCCc1ccc(OCCOCCOC(=O)/C=C\C(=O)O)cc1.CS(=O)[O-].[Na+]. The van der Waals surface area contributed by atoms with Gasteiger partial charge < -0.3 is 23.9 Å². The van der Waals surface area contributed by atoms with E-state index in [1.54, 1.807) is 0 Å². The van der Waals surface area contributed by atoms with Crippen LogP contribution in [0.2, 0.25) is 0 Å². The van der Waals surface area contributed by atoms with Crippen molar-refractivity contribution in [3.8, 4) is 5.75 Å². The van der Waals surface area contributed by atoms with E-state index in [2.05, 4.69) is 19.1 Å². The Balaban J connectivity index is 0. The van der Waals surface area contributed by atoms with Crippen LogP contribution in [0.3, 0.4) is 0 Å². The summed E-state index contributed by atoms with van der Waals surface area (Å²) in [6.07, 6.45) is 13.0. The van der Waals surface area contributed by atoms with Gasteiger partial charge in [0.15, 0.2) is 0 Å². The number of aryl methyl sites for hydroxylation is 1. The monoisotopic (exact) mass is 508 g/mol. The van der Waals surface area contributed by atoms with E-state index < -0.39 is 23.0 Å². The summed E-state index contributed by atoms with van der Waals surface area (Å²) in [5.74, 6) is -1.09. The summed E-state index contributed by atoms with van der Waals surface area (Å²) >= 11 is -1.86. The van der Waals surface area contributed by atoms with Crippen molar-refractivity contribution < 1.29 is 67.2 Å². The first-order chi connectivity index (χ1) is 15.8. The zero-order chi connectivity index (χ0) is 24.7. The summed E-state index contributed by atoms with van der Waals surface area (Å²) in [5.41, 5.74) is 1.33. The predicted octanol–water partition coefficient (Wildman–Crippen LogP) is 1.06. The molecule has 1 aromatic rings. The van der Waals surface area contributed by atoms with Gasteiger partial charge in [-0.1, -0.05) is 68.7 Å². The maximum atomic E-state index is 11.1. The number of benzene rings is 1. The molecule has 0 aliphatic heterocycles. The van der Waals surface area contributed by atoms with Crippen molar-refractivity contribution in [3.05, 3.63) is 42.0 Å². The molecule has 34 heavy (non-hydrogen) atoms. The smallest absolute Gasteiger partial charge is 0.773 e. The predicted molar refractivity (Wildman–Crippen MR) is 127 cm³/mol. The van der Waals surface area contributed by atoms with Gasteiger partial charge in [0, 0.05) is 12.2 Å². The minimum absolute atomic E-state index is 0. The molecule has 188 valence electrons. The molecule has 8 nitrogen and oxygen atoms in total. The minimum Gasteiger partial charge on any atom is -0.773 e. The first-order valence-corrected chi connectivity index (χ1v) is 12.7. The van der Waals surface area contributed by atoms with Gasteiger partial charge in [0.1, 0.15) is 19.0 Å². The number of carboxylic acid groups (broad SMARTS) is 1. The molecular formula is C24H37NaO8S. The van der Waals surface area contributed by atoms with E-state index in [0.29, 0.717) is 13.2 Å². The van der Waals surface area contributed by atoms with Crippen molar-refractivity contribution in [2.45, 2.75) is 58.3 Å². The molecule has 1 N–H and O–H groups in total. The van der Waals surface area contributed by atoms with Crippen LogP contribution in [0.1, 0.15) is 57.4 Å². The minimum atomic E-state index is -1.86. The van der Waals surface area contributed by atoms with Crippen LogP contribution in [0.5, 0.6) is 5.75 Å². The van der Waals surface area contributed by atoms with Crippen molar-refractivity contribution in [1.29, 1.82) is 0 Å². The average molecular weight is 509 g/mol. The standard InChI is InChI=1S/C23H34O6.CH4O2S.Na/c1-2-3-4-5-6-7-8-9-20-10-12-21(13-11-20)28-18-16-27-17-19-29-23(26)15-14-22(24)25;1-4(2)3;/h10-15H,2-9,16-19H2,1H3,(H,24,25);1H3,(H,2,3);/q;;+1/p-1/b15-14-;;. The van der Waals surface area contributed by atoms with E-state index in [9.17, 15) is 9.59 Å². The molecule has 10 heteroatoms. The molecule has 0 radical (unpaired) electrons. The van der Waals surface area contributed by atoms with Crippen LogP contribution in [0.25, 0.3) is 0 Å². The Labute approximate surface area is 228 Å². The Kier molecular flexibility index (Phi) is 25.6. The summed E-state index contributed by atoms with van der Waals surface area (Å²) in [6, 6.07) is 8.18. The molecule has 1 atom stereocenters. The molecule has 0 aliphatic carbocycles. The van der Waals surface area contributed by atoms with Gasteiger partial charge in [0.05, 0.1) is 13.2 Å². The largest absolute Gasteiger partial charge is 1.00 e. The first-order valence-electron chi connectivity index (χ1n) is 11.2. The molecule has 1 rings (SSSR count). The topological polar surface area (TPSA) is 122 Å². The van der Waals surface area contributed by atoms with E-state index >= 15 is 0 Å². The number of hydrogen-bond donors (Lipinski definition) is 1. The van der Waals surface area contributed by atoms with Gasteiger partial charge in [-0.15, -0.1) is 0 Å². The molecule has 0 amide bonds. The average Bonchev–Trinajstić information content (AvgIpc) is 2.77. The fourth-order valence-corrected chi connectivity index (χ4v) is 2.75. The van der Waals surface area contributed by atoms with Gasteiger partial charge in [0.25, 0.3) is 0 Å². The number of esters is 1. The van der Waals surface area contributed by atoms with Gasteiger partial charge in [0.2, 0.25) is 0 Å². The molecule has 0 bridgehead atoms. The number of carbonyl (C=O) groups is 2. The fraction of sp³-hybridized carbons (Fsp3) is 0.583. The van der Waals surface area contributed by atoms with Crippen molar-refractivity contribution in [2.75, 3.05) is 32.7 Å². The van der Waals surface area contributed by atoms with Gasteiger partial charge in [-0.05, 0) is 36.8 Å². The van der Waals surface area contributed by atoms with Gasteiger partial charge in [-0.25, -0.2) is 9.59 Å². The summed E-state index contributed by atoms with van der Waals surface area (Å²) in [4.78, 5) is 21.4. The first kappa shape index (κ1) is 34.9. The van der Waals surface area contributed by atoms with Crippen LogP contribution in [0.15, 0.2) is 36.4 Å². The second-order valence-electron chi connectivity index (χ2n) is 7.22. The Morgan fingerprint density at radius 2 is 1.50 bits per heavy atom. The maximum absolute atomic E-state index is 11.1. The summed E-state index contributed by atoms with van der Waals surface area (Å²) in [7, 11) is 0. The Morgan fingerprint density at radius 1 is 0.941 bits per heavy atom. The zero-order valence-corrected chi connectivity index (χ0v) is 23.5. The summed E-state index contributed by atoms with van der Waals surface area (Å²) in [6.45, 7) is 3.32. The number of carboxylic acids is 1. The second-order valence-corrected chi connectivity index (χ2v) is 8.02. The molecule has 1 unspecified atom stereocenters. The quantitative estimate of drug-likeness (QED) is 0.109. The molecule has 0 saturated heterocycles. The van der Waals surface area contributed by atoms with Crippen LogP contribution in [-0.2, 0) is 36.6 Å². The van der Waals surface area contributed by atoms with Crippen molar-refractivity contribution in [1.82, 2.24) is 0 Å². The normalized spacial score (nSPS) is 11.1. The van der Waals surface area contributed by atoms with Crippen LogP contribution in [0, 0.1) is 0 Å². The Hall–Kier alpha value is -1.23. The van der Waals surface area contributed by atoms with E-state index in [4.69, 9.17) is 28.1 Å². The molecule has 0 aromatic heterocycles. The van der Waals surface area contributed by atoms with Crippen LogP contribution >= 0.6 is 0 Å². The number of unbranched alkanes of at least 4 members (excludes halogenated alkanes) is 6. The molecule has 0 aliphatic rings. The van der Waals surface area contributed by atoms with Gasteiger partial charge >= 0.3 is 41.5 Å². The number of hydrogen-bond acceptors (Lipinski definition) is 7. The Morgan fingerprint density at radius 3 is 2.09 bits per heavy atom. The van der Waals surface area contributed by atoms with Crippen molar-refractivity contribution in [3.63, 3.8) is 0 Å². The van der Waals surface area contributed by atoms with E-state index in [1.807, 2.05) is 12.1 Å². The summed E-state index contributed by atoms with van der Waals surface area (Å²) in [5, 5.41) is 8.39. The van der Waals surface area contributed by atoms with Gasteiger partial charge in [-0.2, -0.15) is 0 Å². The van der Waals surface area contributed by atoms with E-state index in [-0.39, 0.29) is 42.8 Å². The van der Waals surface area contributed by atoms with E-state index in [1.165, 1.54) is 50.5 Å². The fourth-order valence-electron chi connectivity index (χ4n) is 2.75. The van der Waals surface area contributed by atoms with Gasteiger partial charge in [-0.3, -0.25) is 4.21 Å². The second kappa shape index (κ2) is 24.9. The number of ether oxygens (including phenoxy) is 3. The molecule has 0 saturated carbocycles. The third-order valence-corrected chi connectivity index (χ3v) is 4.32. The number of aliphatic carboxylic acids is 1. The molecular weight excluding hydrogens is 471 g/mol. The van der Waals surface area contributed by atoms with Crippen molar-refractivity contribution >= 4 is 23.0 Å². The number of carbonyl (C=O) groups excluding carboxylic acids is 1. The van der Waals surface area contributed by atoms with Crippen LogP contribution in [0.4, 0.5) is 0 Å². The number of rotatable bonds is 17. The van der Waals surface area contributed by atoms with Crippen LogP contribution in [-0.4, -0.2) is 58.5 Å². The van der Waals surface area contributed by atoms with Crippen LogP contribution < -0.4 is 34.3 Å².